The molecule has 3 aromatic carbocycles. The molecule has 0 bridgehead atoms. The number of nitrogens with zero attached hydrogens (tertiary/aromatic N) is 1. The molecule has 2 amide bonds. The van der Waals surface area contributed by atoms with Gasteiger partial charge in [-0.1, -0.05) is 57.9 Å². The summed E-state index contributed by atoms with van der Waals surface area (Å²) in [4.78, 5) is 25.6. The molecule has 3 aromatic rings. The van der Waals surface area contributed by atoms with Gasteiger partial charge in [0.25, 0.3) is 11.8 Å². The van der Waals surface area contributed by atoms with Gasteiger partial charge in [-0.3, -0.25) is 9.59 Å². The molecule has 0 aliphatic rings. The smallest absolute Gasteiger partial charge is 0.273 e. The Kier molecular flexibility index (Phi) is 9.88. The van der Waals surface area contributed by atoms with E-state index in [9.17, 15) is 9.59 Å². The molecule has 8 heteroatoms. The summed E-state index contributed by atoms with van der Waals surface area (Å²) in [5.74, 6) is 0.972. The third-order valence-electron chi connectivity index (χ3n) is 4.83. The average Bonchev–Trinajstić information content (AvgIpc) is 2.83. The van der Waals surface area contributed by atoms with Crippen LogP contribution in [0.3, 0.4) is 0 Å². The van der Waals surface area contributed by atoms with Crippen molar-refractivity contribution in [3.8, 4) is 0 Å². The average molecular weight is 540 g/mol. The molecule has 6 nitrogen and oxygen atoms in total. The van der Waals surface area contributed by atoms with Crippen LogP contribution in [0.15, 0.2) is 76.3 Å². The highest BCUT2D eigenvalue weighted by Gasteiger charge is 2.15. The molecule has 0 aliphatic heterocycles. The third-order valence-corrected chi connectivity index (χ3v) is 6.44. The van der Waals surface area contributed by atoms with Crippen LogP contribution in [0.25, 0.3) is 0 Å². The molecule has 0 saturated carbocycles. The van der Waals surface area contributed by atoms with Gasteiger partial charge in [-0.25, -0.2) is 5.43 Å². The van der Waals surface area contributed by atoms with Crippen LogP contribution >= 0.6 is 27.7 Å². The number of anilines is 1. The lowest BCUT2D eigenvalue weighted by Gasteiger charge is -2.11. The monoisotopic (exact) mass is 539 g/mol. The van der Waals surface area contributed by atoms with Gasteiger partial charge in [0.2, 0.25) is 0 Å². The highest BCUT2D eigenvalue weighted by Crippen LogP contribution is 2.22. The van der Waals surface area contributed by atoms with E-state index in [1.165, 1.54) is 0 Å². The summed E-state index contributed by atoms with van der Waals surface area (Å²) in [7, 11) is 0. The highest BCUT2D eigenvalue weighted by atomic mass is 79.9. The molecule has 34 heavy (non-hydrogen) atoms. The van der Waals surface area contributed by atoms with Gasteiger partial charge in [-0.05, 0) is 60.6 Å². The van der Waals surface area contributed by atoms with E-state index >= 15 is 0 Å². The van der Waals surface area contributed by atoms with E-state index in [-0.39, 0.29) is 12.5 Å². The number of carbonyl (C=O) groups is 2. The van der Waals surface area contributed by atoms with Gasteiger partial charge in [-0.2, -0.15) is 16.9 Å². The fourth-order valence-corrected chi connectivity index (χ4v) is 4.36. The second kappa shape index (κ2) is 13.1. The van der Waals surface area contributed by atoms with Crippen molar-refractivity contribution in [3.05, 3.63) is 99.0 Å². The lowest BCUT2D eigenvalue weighted by atomic mass is 10.1. The summed E-state index contributed by atoms with van der Waals surface area (Å²) in [6, 6.07) is 20.2. The minimum atomic E-state index is -0.434. The molecule has 3 rings (SSSR count). The number of halogens is 1. The first-order chi connectivity index (χ1) is 16.5. The molecule has 0 unspecified atom stereocenters. The fourth-order valence-electron chi connectivity index (χ4n) is 3.09. The summed E-state index contributed by atoms with van der Waals surface area (Å²) in [6.07, 6.45) is 2.34. The molecule has 0 saturated heterocycles. The van der Waals surface area contributed by atoms with Crippen LogP contribution in [0, 0.1) is 6.92 Å². The number of aliphatic hydroxyl groups is 1. The van der Waals surface area contributed by atoms with E-state index in [1.807, 2.05) is 43.3 Å². The van der Waals surface area contributed by atoms with E-state index in [4.69, 9.17) is 5.11 Å². The number of amides is 2. The zero-order chi connectivity index (χ0) is 24.3. The fraction of sp³-hybridized carbons (Fsp3) is 0.192. The van der Waals surface area contributed by atoms with Crippen LogP contribution in [0.2, 0.25) is 0 Å². The van der Waals surface area contributed by atoms with Crippen molar-refractivity contribution < 1.29 is 14.7 Å². The topological polar surface area (TPSA) is 90.8 Å². The maximum atomic E-state index is 12.8. The second-order valence-corrected chi connectivity index (χ2v) is 9.60. The SMILES string of the molecule is Cc1cccc(/C=N/NC(=O)c2cc(Br)ccc2NC(=O)c2ccc(CSCCCO)cc2)c1. The van der Waals surface area contributed by atoms with E-state index in [1.54, 1.807) is 48.3 Å². The molecule has 0 aromatic heterocycles. The Balaban J connectivity index is 1.65. The number of thioether (sulfide) groups is 1. The summed E-state index contributed by atoms with van der Waals surface area (Å²) in [6.45, 7) is 2.18. The maximum Gasteiger partial charge on any atom is 0.273 e. The van der Waals surface area contributed by atoms with Crippen LogP contribution in [-0.4, -0.2) is 35.5 Å². The number of benzene rings is 3. The van der Waals surface area contributed by atoms with Crippen molar-refractivity contribution in [2.75, 3.05) is 17.7 Å². The van der Waals surface area contributed by atoms with Crippen molar-refractivity contribution >= 4 is 51.4 Å². The Morgan fingerprint density at radius 1 is 1.06 bits per heavy atom. The third kappa shape index (κ3) is 7.83. The van der Waals surface area contributed by atoms with E-state index in [0.717, 1.165) is 34.6 Å². The first-order valence-corrected chi connectivity index (χ1v) is 12.7. The predicted molar refractivity (Wildman–Crippen MR) is 143 cm³/mol. The van der Waals surface area contributed by atoms with Gasteiger partial charge in [0, 0.05) is 22.4 Å². The molecular weight excluding hydrogens is 514 g/mol. The number of carbonyl (C=O) groups excluding carboxylic acids is 2. The largest absolute Gasteiger partial charge is 0.396 e. The van der Waals surface area contributed by atoms with Crippen LogP contribution < -0.4 is 10.7 Å². The summed E-state index contributed by atoms with van der Waals surface area (Å²) >= 11 is 5.12. The summed E-state index contributed by atoms with van der Waals surface area (Å²) in [5, 5.41) is 15.7. The number of aliphatic hydroxyl groups excluding tert-OH is 1. The molecule has 0 heterocycles. The summed E-state index contributed by atoms with van der Waals surface area (Å²) < 4.78 is 0.710. The normalized spacial score (nSPS) is 10.9. The van der Waals surface area contributed by atoms with Crippen LogP contribution in [0.5, 0.6) is 0 Å². The van der Waals surface area contributed by atoms with Crippen molar-refractivity contribution in [1.82, 2.24) is 5.43 Å². The Morgan fingerprint density at radius 3 is 2.59 bits per heavy atom. The van der Waals surface area contributed by atoms with Gasteiger partial charge >= 0.3 is 0 Å². The Bertz CT molecular complexity index is 1170. The Hall–Kier alpha value is -2.94. The van der Waals surface area contributed by atoms with Crippen LogP contribution in [0.4, 0.5) is 5.69 Å². The minimum Gasteiger partial charge on any atom is -0.396 e. The first-order valence-electron chi connectivity index (χ1n) is 10.7. The molecule has 3 N–H and O–H groups in total. The highest BCUT2D eigenvalue weighted by molar-refractivity contribution is 9.10. The van der Waals surface area contributed by atoms with Gasteiger partial charge in [0.05, 0.1) is 17.5 Å². The maximum absolute atomic E-state index is 12.8. The Labute approximate surface area is 212 Å². The van der Waals surface area contributed by atoms with Crippen molar-refractivity contribution in [2.45, 2.75) is 19.1 Å². The van der Waals surface area contributed by atoms with Gasteiger partial charge < -0.3 is 10.4 Å². The Morgan fingerprint density at radius 2 is 1.85 bits per heavy atom. The van der Waals surface area contributed by atoms with Gasteiger partial charge in [-0.15, -0.1) is 0 Å². The number of rotatable bonds is 10. The minimum absolute atomic E-state index is 0.196. The van der Waals surface area contributed by atoms with Crippen molar-refractivity contribution in [2.24, 2.45) is 5.10 Å². The first kappa shape index (κ1) is 25.7. The van der Waals surface area contributed by atoms with E-state index in [2.05, 4.69) is 31.8 Å². The van der Waals surface area contributed by atoms with Crippen molar-refractivity contribution in [3.63, 3.8) is 0 Å². The molecule has 0 spiro atoms. The van der Waals surface area contributed by atoms with E-state index < -0.39 is 5.91 Å². The van der Waals surface area contributed by atoms with Gasteiger partial charge in [0.1, 0.15) is 0 Å². The molecule has 0 fully saturated rings. The number of aryl methyl sites for hydroxylation is 1. The molecule has 176 valence electrons. The zero-order valence-electron chi connectivity index (χ0n) is 18.8. The number of hydrogen-bond acceptors (Lipinski definition) is 5. The lowest BCUT2D eigenvalue weighted by molar-refractivity contribution is 0.0956. The van der Waals surface area contributed by atoms with Gasteiger partial charge in [0.15, 0.2) is 0 Å². The van der Waals surface area contributed by atoms with Crippen molar-refractivity contribution in [1.29, 1.82) is 0 Å². The zero-order valence-corrected chi connectivity index (χ0v) is 21.2. The molecule has 0 atom stereocenters. The molecule has 0 radical (unpaired) electrons. The van der Waals surface area contributed by atoms with E-state index in [0.29, 0.717) is 21.3 Å². The molecular formula is C26H26BrN3O3S. The second-order valence-electron chi connectivity index (χ2n) is 7.58. The predicted octanol–water partition coefficient (Wildman–Crippen LogP) is 5.39. The standard InChI is InChI=1S/C26H26BrN3O3S/c1-18-4-2-5-20(14-18)16-28-30-26(33)23-15-22(27)10-11-24(23)29-25(32)21-8-6-19(7-9-21)17-34-13-3-12-31/h2,4-11,14-16,31H,3,12-13,17H2,1H3,(H,29,32)(H,30,33)/b28-16+. The van der Waals surface area contributed by atoms with Crippen LogP contribution in [-0.2, 0) is 5.75 Å². The number of hydrazone groups is 1. The summed E-state index contributed by atoms with van der Waals surface area (Å²) in [5.41, 5.74) is 6.78. The number of hydrogen-bond donors (Lipinski definition) is 3. The molecule has 0 aliphatic carbocycles. The lowest BCUT2D eigenvalue weighted by Crippen LogP contribution is -2.21. The number of nitrogens with one attached hydrogen (secondary N) is 2. The van der Waals surface area contributed by atoms with Crippen LogP contribution in [0.1, 0.15) is 43.8 Å². The quantitative estimate of drug-likeness (QED) is 0.183.